The van der Waals surface area contributed by atoms with Crippen molar-refractivity contribution in [2.45, 2.75) is 38.0 Å². The third-order valence-electron chi connectivity index (χ3n) is 6.40. The monoisotopic (exact) mass is 441 g/mol. The van der Waals surface area contributed by atoms with E-state index in [0.717, 1.165) is 55.8 Å². The number of nitrogens with zero attached hydrogens (tertiary/aromatic N) is 3. The number of carbonyl (C=O) groups excluding carboxylic acids is 1. The number of piperazine rings is 1. The summed E-state index contributed by atoms with van der Waals surface area (Å²) < 4.78 is 28.5. The molecule has 1 atom stereocenters. The number of sulfonamides is 1. The molecule has 0 N–H and O–H groups in total. The van der Waals surface area contributed by atoms with Crippen LogP contribution in [0.15, 0.2) is 54.6 Å². The zero-order valence-electron chi connectivity index (χ0n) is 18.1. The first-order valence-electron chi connectivity index (χ1n) is 11.1. The summed E-state index contributed by atoms with van der Waals surface area (Å²) >= 11 is 0. The lowest BCUT2D eigenvalue weighted by Gasteiger charge is -2.35. The summed E-state index contributed by atoms with van der Waals surface area (Å²) in [6.07, 6.45) is 2.48. The highest BCUT2D eigenvalue weighted by Gasteiger charge is 2.35. The van der Waals surface area contributed by atoms with E-state index < -0.39 is 15.3 Å². The lowest BCUT2D eigenvalue weighted by atomic mass is 10.1. The fourth-order valence-corrected chi connectivity index (χ4v) is 6.58. The van der Waals surface area contributed by atoms with Gasteiger partial charge in [0, 0.05) is 51.9 Å². The van der Waals surface area contributed by atoms with Gasteiger partial charge in [-0.3, -0.25) is 4.79 Å². The van der Waals surface area contributed by atoms with Crippen LogP contribution in [0.4, 0.5) is 5.69 Å². The fourth-order valence-electron chi connectivity index (χ4n) is 4.54. The maximum absolute atomic E-state index is 13.4. The quantitative estimate of drug-likeness (QED) is 0.730. The van der Waals surface area contributed by atoms with Crippen molar-refractivity contribution in [1.82, 2.24) is 9.21 Å². The minimum absolute atomic E-state index is 0.127. The summed E-state index contributed by atoms with van der Waals surface area (Å²) in [5.41, 5.74) is 3.01. The molecule has 2 fully saturated rings. The van der Waals surface area contributed by atoms with Crippen LogP contribution in [-0.4, -0.2) is 56.3 Å². The first-order chi connectivity index (χ1) is 14.9. The Kier molecular flexibility index (Phi) is 6.62. The molecular weight excluding hydrogens is 410 g/mol. The maximum atomic E-state index is 13.4. The average Bonchev–Trinajstić information content (AvgIpc) is 2.93. The molecule has 2 aromatic carbocycles. The molecule has 2 aromatic rings. The third-order valence-corrected chi connectivity index (χ3v) is 8.66. The Labute approximate surface area is 185 Å². The highest BCUT2D eigenvalue weighted by Crippen LogP contribution is 2.34. The van der Waals surface area contributed by atoms with Crippen LogP contribution in [0.25, 0.3) is 0 Å². The molecule has 0 bridgehead atoms. The lowest BCUT2D eigenvalue weighted by Crippen LogP contribution is -2.48. The van der Waals surface area contributed by atoms with Crippen LogP contribution in [0.1, 0.15) is 42.6 Å². The largest absolute Gasteiger partial charge is 0.368 e. The molecule has 7 heteroatoms. The maximum Gasteiger partial charge on any atom is 0.221 e. The van der Waals surface area contributed by atoms with E-state index in [1.807, 2.05) is 47.4 Å². The molecule has 1 amide bonds. The van der Waals surface area contributed by atoms with Gasteiger partial charge >= 0.3 is 0 Å². The van der Waals surface area contributed by atoms with E-state index in [0.29, 0.717) is 19.5 Å². The van der Waals surface area contributed by atoms with Crippen LogP contribution < -0.4 is 4.90 Å². The second-order valence-corrected chi connectivity index (χ2v) is 10.5. The van der Waals surface area contributed by atoms with E-state index in [1.165, 1.54) is 0 Å². The molecule has 2 aliphatic rings. The SMILES string of the molecule is CC(=O)N1CCN(c2ccc(CN3CCCCC(c4ccccc4)S3(=O)=O)cc2)CC1. The molecule has 166 valence electrons. The molecule has 6 nitrogen and oxygen atoms in total. The molecular formula is C24H31N3O3S. The molecule has 31 heavy (non-hydrogen) atoms. The normalized spacial score (nSPS) is 22.2. The van der Waals surface area contributed by atoms with Crippen LogP contribution in [-0.2, 0) is 21.4 Å². The molecule has 0 saturated carbocycles. The van der Waals surface area contributed by atoms with Gasteiger partial charge in [-0.15, -0.1) is 0 Å². The second-order valence-electron chi connectivity index (χ2n) is 8.43. The van der Waals surface area contributed by atoms with E-state index in [4.69, 9.17) is 0 Å². The fraction of sp³-hybridized carbons (Fsp3) is 0.458. The molecule has 2 aliphatic heterocycles. The molecule has 0 aromatic heterocycles. The minimum Gasteiger partial charge on any atom is -0.368 e. The predicted octanol–water partition coefficient (Wildman–Crippen LogP) is 3.41. The molecule has 0 aliphatic carbocycles. The van der Waals surface area contributed by atoms with E-state index in [-0.39, 0.29) is 5.91 Å². The Morgan fingerprint density at radius 2 is 1.58 bits per heavy atom. The van der Waals surface area contributed by atoms with Gasteiger partial charge in [-0.05, 0) is 36.1 Å². The molecule has 2 saturated heterocycles. The van der Waals surface area contributed by atoms with Gasteiger partial charge in [0.05, 0.1) is 0 Å². The molecule has 0 radical (unpaired) electrons. The Bertz CT molecular complexity index is 984. The Morgan fingerprint density at radius 1 is 0.903 bits per heavy atom. The van der Waals surface area contributed by atoms with E-state index >= 15 is 0 Å². The number of benzene rings is 2. The van der Waals surface area contributed by atoms with Crippen molar-refractivity contribution in [3.63, 3.8) is 0 Å². The number of rotatable bonds is 4. The number of hydrogen-bond donors (Lipinski definition) is 0. The van der Waals surface area contributed by atoms with Gasteiger partial charge < -0.3 is 9.80 Å². The highest BCUT2D eigenvalue weighted by atomic mass is 32.2. The standard InChI is InChI=1S/C24H31N3O3S/c1-20(28)25-15-17-26(18-16-25)23-12-10-21(11-13-23)19-27-14-6-5-9-24(31(27,29)30)22-7-3-2-4-8-22/h2-4,7-8,10-13,24H,5-6,9,14-19H2,1H3. The highest BCUT2D eigenvalue weighted by molar-refractivity contribution is 7.89. The van der Waals surface area contributed by atoms with Crippen molar-refractivity contribution in [2.75, 3.05) is 37.6 Å². The van der Waals surface area contributed by atoms with Gasteiger partial charge in [-0.25, -0.2) is 8.42 Å². The van der Waals surface area contributed by atoms with Crippen LogP contribution in [0, 0.1) is 0 Å². The summed E-state index contributed by atoms with van der Waals surface area (Å²) in [4.78, 5) is 15.7. The van der Waals surface area contributed by atoms with Gasteiger partial charge in [-0.1, -0.05) is 48.9 Å². The molecule has 0 spiro atoms. The van der Waals surface area contributed by atoms with Crippen molar-refractivity contribution in [3.8, 4) is 0 Å². The van der Waals surface area contributed by atoms with Gasteiger partial charge in [0.25, 0.3) is 0 Å². The Morgan fingerprint density at radius 3 is 2.23 bits per heavy atom. The Hall–Kier alpha value is -2.38. The van der Waals surface area contributed by atoms with E-state index in [2.05, 4.69) is 17.0 Å². The van der Waals surface area contributed by atoms with Crippen LogP contribution in [0.3, 0.4) is 0 Å². The van der Waals surface area contributed by atoms with Gasteiger partial charge in [0.1, 0.15) is 5.25 Å². The lowest BCUT2D eigenvalue weighted by molar-refractivity contribution is -0.129. The van der Waals surface area contributed by atoms with Crippen molar-refractivity contribution >= 4 is 21.6 Å². The van der Waals surface area contributed by atoms with Crippen molar-refractivity contribution in [3.05, 3.63) is 65.7 Å². The number of hydrogen-bond acceptors (Lipinski definition) is 4. The van der Waals surface area contributed by atoms with Crippen LogP contribution in [0.2, 0.25) is 0 Å². The summed E-state index contributed by atoms with van der Waals surface area (Å²) in [5, 5.41) is -0.465. The zero-order chi connectivity index (χ0) is 21.8. The summed E-state index contributed by atoms with van der Waals surface area (Å²) in [7, 11) is -3.41. The first kappa shape index (κ1) is 21.8. The molecule has 4 rings (SSSR count). The van der Waals surface area contributed by atoms with Gasteiger partial charge in [-0.2, -0.15) is 4.31 Å². The minimum atomic E-state index is -3.41. The molecule has 1 unspecified atom stereocenters. The third kappa shape index (κ3) is 4.93. The van der Waals surface area contributed by atoms with Gasteiger partial charge in [0.15, 0.2) is 0 Å². The van der Waals surface area contributed by atoms with Crippen LogP contribution >= 0.6 is 0 Å². The first-order valence-corrected chi connectivity index (χ1v) is 12.6. The number of carbonyl (C=O) groups is 1. The van der Waals surface area contributed by atoms with Gasteiger partial charge in [0.2, 0.25) is 15.9 Å². The summed E-state index contributed by atoms with van der Waals surface area (Å²) in [5.74, 6) is 0.127. The van der Waals surface area contributed by atoms with E-state index in [1.54, 1.807) is 11.2 Å². The second kappa shape index (κ2) is 9.40. The average molecular weight is 442 g/mol. The topological polar surface area (TPSA) is 60.9 Å². The smallest absolute Gasteiger partial charge is 0.221 e. The molecule has 2 heterocycles. The van der Waals surface area contributed by atoms with Crippen molar-refractivity contribution < 1.29 is 13.2 Å². The van der Waals surface area contributed by atoms with Crippen molar-refractivity contribution in [2.24, 2.45) is 0 Å². The number of amides is 1. The summed E-state index contributed by atoms with van der Waals surface area (Å²) in [6.45, 7) is 5.71. The number of anilines is 1. The van der Waals surface area contributed by atoms with Crippen molar-refractivity contribution in [1.29, 1.82) is 0 Å². The summed E-state index contributed by atoms with van der Waals surface area (Å²) in [6, 6.07) is 17.8. The van der Waals surface area contributed by atoms with E-state index in [9.17, 15) is 13.2 Å². The zero-order valence-corrected chi connectivity index (χ0v) is 18.9. The van der Waals surface area contributed by atoms with Crippen LogP contribution in [0.5, 0.6) is 0 Å². The Balaban J connectivity index is 1.45. The predicted molar refractivity (Wildman–Crippen MR) is 123 cm³/mol.